The van der Waals surface area contributed by atoms with Crippen LogP contribution in [0.3, 0.4) is 0 Å². The molecule has 0 fully saturated rings. The summed E-state index contributed by atoms with van der Waals surface area (Å²) in [6.07, 6.45) is 1.19. The second-order valence-corrected chi connectivity index (χ2v) is 5.06. The molecule has 0 amide bonds. The third-order valence-corrected chi connectivity index (χ3v) is 2.67. The summed E-state index contributed by atoms with van der Waals surface area (Å²) >= 11 is 0. The number of likely N-dealkylation sites (N-methyl/N-ethyl adjacent to an activating group) is 1. The highest BCUT2D eigenvalue weighted by atomic mass is 32.2. The van der Waals surface area contributed by atoms with E-state index in [2.05, 4.69) is 23.5 Å². The molecule has 0 bridgehead atoms. The molecule has 13 heavy (non-hydrogen) atoms. The first-order valence-corrected chi connectivity index (χ1v) is 6.47. The lowest BCUT2D eigenvalue weighted by atomic mass is 10.3. The Labute approximate surface area is 81.4 Å². The maximum Gasteiger partial charge on any atom is 0.208 e. The monoisotopic (exact) mass is 208 g/mol. The normalized spacial score (nSPS) is 14.8. The molecular formula is C8H20N2O2S. The second-order valence-electron chi connectivity index (χ2n) is 3.28. The molecule has 80 valence electrons. The van der Waals surface area contributed by atoms with Gasteiger partial charge in [0.25, 0.3) is 0 Å². The van der Waals surface area contributed by atoms with Gasteiger partial charge in [0, 0.05) is 12.6 Å². The molecule has 1 unspecified atom stereocenters. The summed E-state index contributed by atoms with van der Waals surface area (Å²) in [5.41, 5.74) is 0. The van der Waals surface area contributed by atoms with Crippen molar-refractivity contribution in [1.29, 1.82) is 0 Å². The van der Waals surface area contributed by atoms with Crippen LogP contribution < -0.4 is 4.72 Å². The molecule has 1 N–H and O–H groups in total. The Balaban J connectivity index is 3.93. The van der Waals surface area contributed by atoms with Crippen LogP contribution in [0.5, 0.6) is 0 Å². The number of nitrogens with zero attached hydrogens (tertiary/aromatic N) is 1. The van der Waals surface area contributed by atoms with Crippen LogP contribution in [0.15, 0.2) is 0 Å². The van der Waals surface area contributed by atoms with Crippen LogP contribution in [0.4, 0.5) is 0 Å². The minimum Gasteiger partial charge on any atom is -0.302 e. The lowest BCUT2D eigenvalue weighted by Gasteiger charge is -2.22. The molecule has 0 saturated heterocycles. The number of sulfonamides is 1. The average Bonchev–Trinajstić information content (AvgIpc) is 1.96. The van der Waals surface area contributed by atoms with E-state index in [1.54, 1.807) is 0 Å². The highest BCUT2D eigenvalue weighted by Gasteiger charge is 2.10. The van der Waals surface area contributed by atoms with E-state index in [9.17, 15) is 8.42 Å². The van der Waals surface area contributed by atoms with Gasteiger partial charge in [-0.15, -0.1) is 0 Å². The molecule has 0 heterocycles. The molecule has 0 aromatic carbocycles. The Bertz CT molecular complexity index is 222. The van der Waals surface area contributed by atoms with Gasteiger partial charge in [-0.3, -0.25) is 0 Å². The molecule has 0 saturated carbocycles. The summed E-state index contributed by atoms with van der Waals surface area (Å²) in [6.45, 7) is 8.67. The highest BCUT2D eigenvalue weighted by molar-refractivity contribution is 7.88. The fraction of sp³-hybridized carbons (Fsp3) is 1.00. The Morgan fingerprint density at radius 1 is 1.31 bits per heavy atom. The van der Waals surface area contributed by atoms with E-state index in [1.807, 2.05) is 6.92 Å². The van der Waals surface area contributed by atoms with E-state index >= 15 is 0 Å². The predicted octanol–water partition coefficient (Wildman–Crippen LogP) is 0.266. The smallest absolute Gasteiger partial charge is 0.208 e. The molecule has 1 atom stereocenters. The molecular weight excluding hydrogens is 188 g/mol. The number of nitrogens with one attached hydrogen (secondary N) is 1. The molecule has 0 aliphatic rings. The maximum atomic E-state index is 10.9. The van der Waals surface area contributed by atoms with E-state index in [1.165, 1.54) is 6.26 Å². The molecule has 4 nitrogen and oxygen atoms in total. The molecule has 0 radical (unpaired) electrons. The lowest BCUT2D eigenvalue weighted by molar-refractivity contribution is 0.282. The summed E-state index contributed by atoms with van der Waals surface area (Å²) < 4.78 is 24.3. The topological polar surface area (TPSA) is 49.4 Å². The number of hydrogen-bond acceptors (Lipinski definition) is 3. The largest absolute Gasteiger partial charge is 0.302 e. The average molecular weight is 208 g/mol. The van der Waals surface area contributed by atoms with Gasteiger partial charge in [-0.2, -0.15) is 0 Å². The molecule has 0 aromatic heterocycles. The first-order chi connectivity index (χ1) is 5.89. The first kappa shape index (κ1) is 12.9. The Hall–Kier alpha value is -0.130. The quantitative estimate of drug-likeness (QED) is 0.681. The van der Waals surface area contributed by atoms with E-state index in [0.29, 0.717) is 0 Å². The van der Waals surface area contributed by atoms with Gasteiger partial charge < -0.3 is 4.90 Å². The zero-order chi connectivity index (χ0) is 10.5. The Morgan fingerprint density at radius 3 is 2.08 bits per heavy atom. The SMILES string of the molecule is CCN(CC)CC(C)NS(C)(=O)=O. The molecule has 0 rings (SSSR count). The Morgan fingerprint density at radius 2 is 1.77 bits per heavy atom. The first-order valence-electron chi connectivity index (χ1n) is 4.58. The van der Waals surface area contributed by atoms with Crippen molar-refractivity contribution in [3.63, 3.8) is 0 Å². The van der Waals surface area contributed by atoms with Gasteiger partial charge >= 0.3 is 0 Å². The number of hydrogen-bond donors (Lipinski definition) is 1. The minimum atomic E-state index is -3.06. The summed E-state index contributed by atoms with van der Waals surface area (Å²) in [5.74, 6) is 0. The van der Waals surface area contributed by atoms with Gasteiger partial charge in [0.15, 0.2) is 0 Å². The van der Waals surface area contributed by atoms with Crippen LogP contribution in [-0.4, -0.2) is 45.2 Å². The zero-order valence-electron chi connectivity index (χ0n) is 8.87. The third kappa shape index (κ3) is 6.98. The van der Waals surface area contributed by atoms with Crippen LogP contribution >= 0.6 is 0 Å². The highest BCUT2D eigenvalue weighted by Crippen LogP contribution is 1.92. The van der Waals surface area contributed by atoms with Gasteiger partial charge in [-0.25, -0.2) is 13.1 Å². The third-order valence-electron chi connectivity index (χ3n) is 1.84. The summed E-state index contributed by atoms with van der Waals surface area (Å²) in [5, 5.41) is 0. The molecule has 5 heteroatoms. The van der Waals surface area contributed by atoms with Crippen LogP contribution in [0, 0.1) is 0 Å². The van der Waals surface area contributed by atoms with Crippen molar-refractivity contribution in [2.24, 2.45) is 0 Å². The van der Waals surface area contributed by atoms with E-state index in [-0.39, 0.29) is 6.04 Å². The number of rotatable bonds is 6. The fourth-order valence-corrected chi connectivity index (χ4v) is 2.08. The van der Waals surface area contributed by atoms with Crippen molar-refractivity contribution >= 4 is 10.0 Å². The van der Waals surface area contributed by atoms with Gasteiger partial charge in [0.2, 0.25) is 10.0 Å². The molecule has 0 spiro atoms. The van der Waals surface area contributed by atoms with E-state index in [0.717, 1.165) is 19.6 Å². The second kappa shape index (κ2) is 5.57. The maximum absolute atomic E-state index is 10.9. The van der Waals surface area contributed by atoms with Gasteiger partial charge in [-0.05, 0) is 20.0 Å². The molecule has 0 aromatic rings. The van der Waals surface area contributed by atoms with Crippen LogP contribution in [-0.2, 0) is 10.0 Å². The standard InChI is InChI=1S/C8H20N2O2S/c1-5-10(6-2)7-8(3)9-13(4,11)12/h8-9H,5-7H2,1-4H3. The van der Waals surface area contributed by atoms with Crippen molar-refractivity contribution in [1.82, 2.24) is 9.62 Å². The summed E-state index contributed by atoms with van der Waals surface area (Å²) in [4.78, 5) is 2.18. The lowest BCUT2D eigenvalue weighted by Crippen LogP contribution is -2.41. The van der Waals surface area contributed by atoms with Crippen LogP contribution in [0.1, 0.15) is 20.8 Å². The van der Waals surface area contributed by atoms with Gasteiger partial charge in [0.05, 0.1) is 6.26 Å². The summed E-state index contributed by atoms with van der Waals surface area (Å²) in [6, 6.07) is -0.0186. The van der Waals surface area contributed by atoms with Gasteiger partial charge in [0.1, 0.15) is 0 Å². The Kier molecular flexibility index (Phi) is 5.51. The van der Waals surface area contributed by atoms with E-state index < -0.39 is 10.0 Å². The van der Waals surface area contributed by atoms with E-state index in [4.69, 9.17) is 0 Å². The van der Waals surface area contributed by atoms with Crippen molar-refractivity contribution in [2.75, 3.05) is 25.9 Å². The molecule has 0 aliphatic carbocycles. The fourth-order valence-electron chi connectivity index (χ4n) is 1.27. The van der Waals surface area contributed by atoms with Crippen molar-refractivity contribution in [3.8, 4) is 0 Å². The summed E-state index contributed by atoms with van der Waals surface area (Å²) in [7, 11) is -3.06. The van der Waals surface area contributed by atoms with Crippen molar-refractivity contribution < 1.29 is 8.42 Å². The van der Waals surface area contributed by atoms with Crippen LogP contribution in [0.25, 0.3) is 0 Å². The van der Waals surface area contributed by atoms with Gasteiger partial charge in [-0.1, -0.05) is 13.8 Å². The van der Waals surface area contributed by atoms with Crippen LogP contribution in [0.2, 0.25) is 0 Å². The van der Waals surface area contributed by atoms with Crippen molar-refractivity contribution in [2.45, 2.75) is 26.8 Å². The molecule has 0 aliphatic heterocycles. The van der Waals surface area contributed by atoms with Crippen molar-refractivity contribution in [3.05, 3.63) is 0 Å². The zero-order valence-corrected chi connectivity index (χ0v) is 9.69. The predicted molar refractivity (Wildman–Crippen MR) is 55.2 cm³/mol. The minimum absolute atomic E-state index is 0.0186.